The highest BCUT2D eigenvalue weighted by Gasteiger charge is 2.14. The van der Waals surface area contributed by atoms with E-state index in [0.29, 0.717) is 0 Å². The highest BCUT2D eigenvalue weighted by atomic mass is 16.5. The second-order valence-corrected chi connectivity index (χ2v) is 6.56. The van der Waals surface area contributed by atoms with E-state index in [0.717, 1.165) is 48.7 Å². The van der Waals surface area contributed by atoms with E-state index >= 15 is 0 Å². The van der Waals surface area contributed by atoms with Crippen LogP contribution in [0.15, 0.2) is 55.1 Å². The molecule has 3 aromatic rings. The summed E-state index contributed by atoms with van der Waals surface area (Å²) in [7, 11) is 3.83. The number of methoxy groups -OCH3 is 1. The number of likely N-dealkylation sites (N-methyl/N-ethyl adjacent to an activating group) is 1. The van der Waals surface area contributed by atoms with Crippen molar-refractivity contribution in [3.8, 4) is 22.6 Å². The van der Waals surface area contributed by atoms with Crippen molar-refractivity contribution < 1.29 is 4.74 Å². The molecule has 0 unspecified atom stereocenters. The van der Waals surface area contributed by atoms with Crippen molar-refractivity contribution in [1.29, 1.82) is 0 Å². The topological polar surface area (TPSA) is 46.4 Å². The fourth-order valence-electron chi connectivity index (χ4n) is 3.27. The van der Waals surface area contributed by atoms with Gasteiger partial charge in [0, 0.05) is 55.4 Å². The standard InChI is InChI=1S/C20H23N5O/c1-23-9-11-24(12-10-23)17-3-5-18(6-4-17)25-15-16(13-22-25)19-7-8-21-14-20(19)26-2/h3-8,13-15H,9-12H2,1-2H3. The van der Waals surface area contributed by atoms with E-state index in [-0.39, 0.29) is 0 Å². The van der Waals surface area contributed by atoms with E-state index in [9.17, 15) is 0 Å². The van der Waals surface area contributed by atoms with E-state index in [4.69, 9.17) is 4.74 Å². The average Bonchev–Trinajstić information content (AvgIpc) is 3.19. The van der Waals surface area contributed by atoms with Gasteiger partial charge in [0.25, 0.3) is 0 Å². The molecule has 6 nitrogen and oxygen atoms in total. The molecule has 0 N–H and O–H groups in total. The van der Waals surface area contributed by atoms with Gasteiger partial charge in [-0.25, -0.2) is 4.68 Å². The summed E-state index contributed by atoms with van der Waals surface area (Å²) in [5, 5.41) is 4.51. The third kappa shape index (κ3) is 3.28. The van der Waals surface area contributed by atoms with Crippen LogP contribution in [-0.4, -0.2) is 60.0 Å². The summed E-state index contributed by atoms with van der Waals surface area (Å²) in [6.07, 6.45) is 7.35. The minimum atomic E-state index is 0.748. The second kappa shape index (κ2) is 7.17. The zero-order valence-corrected chi connectivity index (χ0v) is 15.2. The SMILES string of the molecule is COc1cnccc1-c1cnn(-c2ccc(N3CCN(C)CC3)cc2)c1. The Bertz CT molecular complexity index is 866. The van der Waals surface area contributed by atoms with Crippen molar-refractivity contribution in [2.45, 2.75) is 0 Å². The summed E-state index contributed by atoms with van der Waals surface area (Å²) in [6, 6.07) is 10.5. The van der Waals surface area contributed by atoms with E-state index < -0.39 is 0 Å². The smallest absolute Gasteiger partial charge is 0.145 e. The van der Waals surface area contributed by atoms with Crippen molar-refractivity contribution in [3.63, 3.8) is 0 Å². The van der Waals surface area contributed by atoms with Crippen molar-refractivity contribution >= 4 is 5.69 Å². The van der Waals surface area contributed by atoms with Gasteiger partial charge in [0.1, 0.15) is 5.75 Å². The largest absolute Gasteiger partial charge is 0.494 e. The summed E-state index contributed by atoms with van der Waals surface area (Å²) in [5.74, 6) is 0.748. The molecule has 4 rings (SSSR count). The number of anilines is 1. The molecule has 6 heteroatoms. The van der Waals surface area contributed by atoms with Crippen LogP contribution in [0, 0.1) is 0 Å². The van der Waals surface area contributed by atoms with Crippen LogP contribution in [0.1, 0.15) is 0 Å². The van der Waals surface area contributed by atoms with Crippen molar-refractivity contribution in [2.75, 3.05) is 45.2 Å². The maximum absolute atomic E-state index is 5.40. The van der Waals surface area contributed by atoms with Crippen LogP contribution < -0.4 is 9.64 Å². The summed E-state index contributed by atoms with van der Waals surface area (Å²) in [6.45, 7) is 4.36. The zero-order valence-electron chi connectivity index (χ0n) is 15.2. The molecule has 26 heavy (non-hydrogen) atoms. The average molecular weight is 349 g/mol. The Morgan fingerprint density at radius 3 is 2.38 bits per heavy atom. The molecule has 1 aromatic carbocycles. The fraction of sp³-hybridized carbons (Fsp3) is 0.300. The second-order valence-electron chi connectivity index (χ2n) is 6.56. The van der Waals surface area contributed by atoms with Gasteiger partial charge in [0.05, 0.1) is 25.2 Å². The molecule has 134 valence electrons. The number of nitrogens with zero attached hydrogens (tertiary/aromatic N) is 5. The first-order valence-electron chi connectivity index (χ1n) is 8.81. The zero-order chi connectivity index (χ0) is 17.9. The molecule has 0 amide bonds. The van der Waals surface area contributed by atoms with Crippen molar-refractivity contribution in [3.05, 3.63) is 55.1 Å². The molecular weight excluding hydrogens is 326 g/mol. The van der Waals surface area contributed by atoms with Crippen LogP contribution in [0.4, 0.5) is 5.69 Å². The number of ether oxygens (including phenoxy) is 1. The molecule has 0 saturated carbocycles. The molecule has 0 bridgehead atoms. The number of benzene rings is 1. The number of hydrogen-bond acceptors (Lipinski definition) is 5. The van der Waals surface area contributed by atoms with Crippen molar-refractivity contribution in [1.82, 2.24) is 19.7 Å². The van der Waals surface area contributed by atoms with Gasteiger partial charge in [0.2, 0.25) is 0 Å². The fourth-order valence-corrected chi connectivity index (χ4v) is 3.27. The lowest BCUT2D eigenvalue weighted by Gasteiger charge is -2.34. The lowest BCUT2D eigenvalue weighted by Crippen LogP contribution is -2.44. The van der Waals surface area contributed by atoms with Crippen LogP contribution in [0.25, 0.3) is 16.8 Å². The van der Waals surface area contributed by atoms with E-state index in [1.807, 2.05) is 23.1 Å². The van der Waals surface area contributed by atoms with Crippen LogP contribution >= 0.6 is 0 Å². The molecule has 0 atom stereocenters. The highest BCUT2D eigenvalue weighted by molar-refractivity contribution is 5.68. The van der Waals surface area contributed by atoms with Crippen LogP contribution in [0.3, 0.4) is 0 Å². The van der Waals surface area contributed by atoms with Gasteiger partial charge in [0.15, 0.2) is 0 Å². The Morgan fingerprint density at radius 1 is 0.923 bits per heavy atom. The van der Waals surface area contributed by atoms with Gasteiger partial charge >= 0.3 is 0 Å². The number of rotatable bonds is 4. The highest BCUT2D eigenvalue weighted by Crippen LogP contribution is 2.29. The quantitative estimate of drug-likeness (QED) is 0.725. The predicted molar refractivity (Wildman–Crippen MR) is 103 cm³/mol. The number of hydrogen-bond donors (Lipinski definition) is 0. The molecule has 0 radical (unpaired) electrons. The maximum Gasteiger partial charge on any atom is 0.145 e. The lowest BCUT2D eigenvalue weighted by atomic mass is 10.1. The van der Waals surface area contributed by atoms with Crippen LogP contribution in [-0.2, 0) is 0 Å². The Morgan fingerprint density at radius 2 is 1.65 bits per heavy atom. The molecule has 1 saturated heterocycles. The molecule has 1 fully saturated rings. The molecule has 0 aliphatic carbocycles. The van der Waals surface area contributed by atoms with Gasteiger partial charge in [-0.3, -0.25) is 4.98 Å². The monoisotopic (exact) mass is 349 g/mol. The summed E-state index contributed by atoms with van der Waals surface area (Å²) in [5.41, 5.74) is 4.31. The lowest BCUT2D eigenvalue weighted by molar-refractivity contribution is 0.313. The summed E-state index contributed by atoms with van der Waals surface area (Å²) in [4.78, 5) is 8.90. The van der Waals surface area contributed by atoms with Gasteiger partial charge in [-0.15, -0.1) is 0 Å². The van der Waals surface area contributed by atoms with E-state index in [1.165, 1.54) is 5.69 Å². The van der Waals surface area contributed by atoms with E-state index in [1.54, 1.807) is 19.5 Å². The number of aromatic nitrogens is 3. The predicted octanol–water partition coefficient (Wildman–Crippen LogP) is 2.69. The van der Waals surface area contributed by atoms with E-state index in [2.05, 4.69) is 51.2 Å². The van der Waals surface area contributed by atoms with Crippen molar-refractivity contribution in [2.24, 2.45) is 0 Å². The van der Waals surface area contributed by atoms with Crippen LogP contribution in [0.5, 0.6) is 5.75 Å². The van der Waals surface area contributed by atoms with Gasteiger partial charge in [-0.05, 0) is 37.4 Å². The Kier molecular flexibility index (Phi) is 4.58. The number of piperazine rings is 1. The number of pyridine rings is 1. The third-order valence-corrected chi connectivity index (χ3v) is 4.88. The Balaban J connectivity index is 1.54. The molecule has 3 heterocycles. The summed E-state index contributed by atoms with van der Waals surface area (Å²) < 4.78 is 7.29. The molecular formula is C20H23N5O. The first-order valence-corrected chi connectivity index (χ1v) is 8.81. The third-order valence-electron chi connectivity index (χ3n) is 4.88. The molecule has 1 aliphatic rings. The normalized spacial score (nSPS) is 15.2. The first kappa shape index (κ1) is 16.6. The molecule has 2 aromatic heterocycles. The summed E-state index contributed by atoms with van der Waals surface area (Å²) >= 11 is 0. The molecule has 0 spiro atoms. The van der Waals surface area contributed by atoms with Gasteiger partial charge in [-0.2, -0.15) is 5.10 Å². The first-order chi connectivity index (χ1) is 12.7. The van der Waals surface area contributed by atoms with Gasteiger partial charge in [-0.1, -0.05) is 0 Å². The van der Waals surface area contributed by atoms with Gasteiger partial charge < -0.3 is 14.5 Å². The molecule has 1 aliphatic heterocycles. The maximum atomic E-state index is 5.40. The minimum absolute atomic E-state index is 0.748. The van der Waals surface area contributed by atoms with Crippen LogP contribution in [0.2, 0.25) is 0 Å². The minimum Gasteiger partial charge on any atom is -0.494 e. The Labute approximate surface area is 153 Å². The Hall–Kier alpha value is -2.86.